The van der Waals surface area contributed by atoms with E-state index >= 15 is 0 Å². The lowest BCUT2D eigenvalue weighted by molar-refractivity contribution is -0.143. The molecule has 1 unspecified atom stereocenters. The zero-order chi connectivity index (χ0) is 12.7. The summed E-state index contributed by atoms with van der Waals surface area (Å²) in [6.07, 6.45) is 3.72. The van der Waals surface area contributed by atoms with Crippen molar-refractivity contribution in [3.8, 4) is 0 Å². The largest absolute Gasteiger partial charge is 0.466 e. The Kier molecular flexibility index (Phi) is 5.56. The van der Waals surface area contributed by atoms with Crippen molar-refractivity contribution in [3.05, 3.63) is 23.8 Å². The molecule has 5 nitrogen and oxygen atoms in total. The first-order valence-corrected chi connectivity index (χ1v) is 5.81. The molecule has 17 heavy (non-hydrogen) atoms. The second-order valence-corrected chi connectivity index (χ2v) is 3.76. The van der Waals surface area contributed by atoms with Crippen LogP contribution in [0.3, 0.4) is 0 Å². The maximum Gasteiger partial charge on any atom is 0.307 e. The van der Waals surface area contributed by atoms with E-state index in [1.54, 1.807) is 19.3 Å². The fourth-order valence-corrected chi connectivity index (χ4v) is 1.56. The molecule has 1 rings (SSSR count). The highest BCUT2D eigenvalue weighted by atomic mass is 16.5. The maximum absolute atomic E-state index is 11.1. The van der Waals surface area contributed by atoms with Gasteiger partial charge in [0.1, 0.15) is 0 Å². The number of aromatic nitrogens is 2. The quantitative estimate of drug-likeness (QED) is 0.757. The first-order valence-electron chi connectivity index (χ1n) is 5.81. The van der Waals surface area contributed by atoms with Gasteiger partial charge in [0.15, 0.2) is 0 Å². The number of nitrogens with zero attached hydrogens (tertiary/aromatic N) is 2. The van der Waals surface area contributed by atoms with E-state index in [2.05, 4.69) is 15.3 Å². The Morgan fingerprint density at radius 3 is 2.82 bits per heavy atom. The zero-order valence-corrected chi connectivity index (χ0v) is 10.6. The van der Waals surface area contributed by atoms with E-state index in [9.17, 15) is 4.79 Å². The molecule has 0 aliphatic rings. The molecule has 0 bridgehead atoms. The van der Waals surface area contributed by atoms with Gasteiger partial charge in [-0.1, -0.05) is 0 Å². The van der Waals surface area contributed by atoms with Gasteiger partial charge in [0.05, 0.1) is 24.4 Å². The number of esters is 1. The molecular weight excluding hydrogens is 218 g/mol. The summed E-state index contributed by atoms with van der Waals surface area (Å²) in [4.78, 5) is 19.6. The van der Waals surface area contributed by atoms with Crippen LogP contribution in [0.4, 0.5) is 0 Å². The molecule has 0 aromatic carbocycles. The minimum absolute atomic E-state index is 0.0816. The van der Waals surface area contributed by atoms with Crippen LogP contribution in [-0.2, 0) is 9.53 Å². The lowest BCUT2D eigenvalue weighted by Gasteiger charge is -2.14. The van der Waals surface area contributed by atoms with Crippen molar-refractivity contribution in [1.82, 2.24) is 15.3 Å². The van der Waals surface area contributed by atoms with Gasteiger partial charge in [-0.05, 0) is 20.8 Å². The van der Waals surface area contributed by atoms with Gasteiger partial charge in [-0.2, -0.15) is 0 Å². The van der Waals surface area contributed by atoms with E-state index in [1.165, 1.54) is 0 Å². The van der Waals surface area contributed by atoms with Crippen molar-refractivity contribution in [1.29, 1.82) is 0 Å². The highest BCUT2D eigenvalue weighted by Gasteiger charge is 2.10. The third-order valence-electron chi connectivity index (χ3n) is 2.41. The molecule has 0 saturated heterocycles. The molecule has 0 fully saturated rings. The average molecular weight is 237 g/mol. The number of hydrogen-bond donors (Lipinski definition) is 1. The van der Waals surface area contributed by atoms with Crippen LogP contribution in [-0.4, -0.2) is 29.1 Å². The van der Waals surface area contributed by atoms with E-state index < -0.39 is 0 Å². The SMILES string of the molecule is CCOC(=O)CCNC(C)c1nccnc1C. The standard InChI is InChI=1S/C12H19N3O2/c1-4-17-11(16)5-6-13-9(2)12-10(3)14-7-8-15-12/h7-9,13H,4-6H2,1-3H3. The lowest BCUT2D eigenvalue weighted by Crippen LogP contribution is -2.24. The Labute approximate surface area is 102 Å². The van der Waals surface area contributed by atoms with Crippen LogP contribution in [0.25, 0.3) is 0 Å². The molecule has 0 spiro atoms. The Bertz CT molecular complexity index is 369. The van der Waals surface area contributed by atoms with Gasteiger partial charge in [-0.3, -0.25) is 14.8 Å². The molecule has 0 radical (unpaired) electrons. The smallest absolute Gasteiger partial charge is 0.307 e. The number of carbonyl (C=O) groups is 1. The van der Waals surface area contributed by atoms with Crippen molar-refractivity contribution in [2.75, 3.05) is 13.2 Å². The van der Waals surface area contributed by atoms with Crippen LogP contribution in [0.2, 0.25) is 0 Å². The van der Waals surface area contributed by atoms with Gasteiger partial charge < -0.3 is 10.1 Å². The summed E-state index contributed by atoms with van der Waals surface area (Å²) < 4.78 is 4.85. The molecule has 0 aliphatic heterocycles. The minimum Gasteiger partial charge on any atom is -0.466 e. The molecule has 1 aromatic rings. The summed E-state index contributed by atoms with van der Waals surface area (Å²) in [5.74, 6) is -0.178. The number of hydrogen-bond acceptors (Lipinski definition) is 5. The Morgan fingerprint density at radius 1 is 1.47 bits per heavy atom. The first-order chi connectivity index (χ1) is 8.15. The van der Waals surface area contributed by atoms with Crippen molar-refractivity contribution < 1.29 is 9.53 Å². The van der Waals surface area contributed by atoms with Crippen LogP contribution in [0.1, 0.15) is 37.7 Å². The van der Waals surface area contributed by atoms with Crippen LogP contribution in [0, 0.1) is 6.92 Å². The molecule has 1 atom stereocenters. The summed E-state index contributed by atoms with van der Waals surface area (Å²) in [5, 5.41) is 3.23. The number of nitrogens with one attached hydrogen (secondary N) is 1. The molecule has 0 amide bonds. The van der Waals surface area contributed by atoms with Crippen molar-refractivity contribution in [3.63, 3.8) is 0 Å². The lowest BCUT2D eigenvalue weighted by atomic mass is 10.2. The van der Waals surface area contributed by atoms with Crippen LogP contribution >= 0.6 is 0 Å². The molecule has 1 N–H and O–H groups in total. The van der Waals surface area contributed by atoms with Gasteiger partial charge in [0, 0.05) is 25.0 Å². The Balaban J connectivity index is 2.38. The summed E-state index contributed by atoms with van der Waals surface area (Å²) >= 11 is 0. The van der Waals surface area contributed by atoms with Crippen LogP contribution in [0.15, 0.2) is 12.4 Å². The van der Waals surface area contributed by atoms with Crippen LogP contribution < -0.4 is 5.32 Å². The summed E-state index contributed by atoms with van der Waals surface area (Å²) in [6.45, 7) is 6.73. The number of ether oxygens (including phenoxy) is 1. The minimum atomic E-state index is -0.178. The topological polar surface area (TPSA) is 64.1 Å². The second-order valence-electron chi connectivity index (χ2n) is 3.76. The predicted octanol–water partition coefficient (Wildman–Crippen LogP) is 1.39. The Morgan fingerprint density at radius 2 is 2.18 bits per heavy atom. The number of rotatable bonds is 6. The number of carbonyl (C=O) groups excluding carboxylic acids is 1. The highest BCUT2D eigenvalue weighted by molar-refractivity contribution is 5.69. The normalized spacial score (nSPS) is 12.2. The van der Waals surface area contributed by atoms with E-state index in [0.717, 1.165) is 11.4 Å². The third-order valence-corrected chi connectivity index (χ3v) is 2.41. The zero-order valence-electron chi connectivity index (χ0n) is 10.6. The maximum atomic E-state index is 11.1. The average Bonchev–Trinajstić information content (AvgIpc) is 2.29. The fourth-order valence-electron chi connectivity index (χ4n) is 1.56. The van der Waals surface area contributed by atoms with Gasteiger partial charge in [-0.15, -0.1) is 0 Å². The summed E-state index contributed by atoms with van der Waals surface area (Å²) in [7, 11) is 0. The molecule has 1 heterocycles. The van der Waals surface area contributed by atoms with Gasteiger partial charge in [0.25, 0.3) is 0 Å². The number of aryl methyl sites for hydroxylation is 1. The molecule has 5 heteroatoms. The van der Waals surface area contributed by atoms with Crippen molar-refractivity contribution >= 4 is 5.97 Å². The van der Waals surface area contributed by atoms with Crippen molar-refractivity contribution in [2.45, 2.75) is 33.2 Å². The molecule has 94 valence electrons. The van der Waals surface area contributed by atoms with E-state index in [0.29, 0.717) is 19.6 Å². The van der Waals surface area contributed by atoms with Gasteiger partial charge in [0.2, 0.25) is 0 Å². The molecule has 0 aliphatic carbocycles. The third kappa shape index (κ3) is 4.48. The second kappa shape index (κ2) is 6.96. The van der Waals surface area contributed by atoms with E-state index in [-0.39, 0.29) is 12.0 Å². The van der Waals surface area contributed by atoms with E-state index in [1.807, 2.05) is 13.8 Å². The fraction of sp³-hybridized carbons (Fsp3) is 0.583. The molecular formula is C12H19N3O2. The molecule has 1 aromatic heterocycles. The monoisotopic (exact) mass is 237 g/mol. The summed E-state index contributed by atoms with van der Waals surface area (Å²) in [6, 6.07) is 0.0816. The highest BCUT2D eigenvalue weighted by Crippen LogP contribution is 2.11. The first kappa shape index (κ1) is 13.6. The van der Waals surface area contributed by atoms with Gasteiger partial charge >= 0.3 is 5.97 Å². The summed E-state index contributed by atoms with van der Waals surface area (Å²) in [5.41, 5.74) is 1.82. The van der Waals surface area contributed by atoms with E-state index in [4.69, 9.17) is 4.74 Å². The molecule has 0 saturated carbocycles. The Hall–Kier alpha value is -1.49. The van der Waals surface area contributed by atoms with Crippen LogP contribution in [0.5, 0.6) is 0 Å². The van der Waals surface area contributed by atoms with Gasteiger partial charge in [-0.25, -0.2) is 0 Å². The van der Waals surface area contributed by atoms with Crippen molar-refractivity contribution in [2.24, 2.45) is 0 Å². The predicted molar refractivity (Wildman–Crippen MR) is 64.4 cm³/mol.